The van der Waals surface area contributed by atoms with Gasteiger partial charge in [-0.25, -0.2) is 0 Å². The van der Waals surface area contributed by atoms with Crippen LogP contribution in [0.5, 0.6) is 5.75 Å². The standard InChI is InChI=1S/C14H19N3O4/c1-3-13-16-17-14(21-13)9-4-5-12(20-2)11(6-9)15-7-10(19)8-18/h4-6,10,15,18-19H,3,7-8H2,1-2H3. The molecule has 0 radical (unpaired) electrons. The number of aryl methyl sites for hydroxylation is 1. The molecule has 0 fully saturated rings. The molecule has 0 aliphatic carbocycles. The van der Waals surface area contributed by atoms with E-state index < -0.39 is 6.10 Å². The molecule has 2 aromatic rings. The van der Waals surface area contributed by atoms with E-state index in [2.05, 4.69) is 15.5 Å². The maximum Gasteiger partial charge on any atom is 0.247 e. The number of benzene rings is 1. The van der Waals surface area contributed by atoms with Crippen molar-refractivity contribution >= 4 is 5.69 Å². The Morgan fingerprint density at radius 3 is 2.81 bits per heavy atom. The van der Waals surface area contributed by atoms with Gasteiger partial charge in [0.2, 0.25) is 11.8 Å². The zero-order chi connectivity index (χ0) is 15.2. The summed E-state index contributed by atoms with van der Waals surface area (Å²) in [7, 11) is 1.56. The molecule has 7 nitrogen and oxygen atoms in total. The Morgan fingerprint density at radius 1 is 1.38 bits per heavy atom. The van der Waals surface area contributed by atoms with Crippen molar-refractivity contribution < 1.29 is 19.4 Å². The molecule has 114 valence electrons. The van der Waals surface area contributed by atoms with Crippen LogP contribution in [0.1, 0.15) is 12.8 Å². The van der Waals surface area contributed by atoms with E-state index in [-0.39, 0.29) is 13.2 Å². The third-order valence-corrected chi connectivity index (χ3v) is 2.95. The number of rotatable bonds is 7. The van der Waals surface area contributed by atoms with E-state index >= 15 is 0 Å². The van der Waals surface area contributed by atoms with Gasteiger partial charge in [-0.2, -0.15) is 0 Å². The van der Waals surface area contributed by atoms with Crippen LogP contribution in [-0.4, -0.2) is 46.8 Å². The van der Waals surface area contributed by atoms with Crippen LogP contribution in [-0.2, 0) is 6.42 Å². The summed E-state index contributed by atoms with van der Waals surface area (Å²) < 4.78 is 10.8. The van der Waals surface area contributed by atoms with Gasteiger partial charge in [-0.1, -0.05) is 6.92 Å². The minimum atomic E-state index is -0.839. The van der Waals surface area contributed by atoms with Crippen LogP contribution >= 0.6 is 0 Å². The summed E-state index contributed by atoms with van der Waals surface area (Å²) >= 11 is 0. The molecule has 1 aromatic heterocycles. The topological polar surface area (TPSA) is 101 Å². The van der Waals surface area contributed by atoms with Crippen molar-refractivity contribution in [1.29, 1.82) is 0 Å². The highest BCUT2D eigenvalue weighted by Gasteiger charge is 2.12. The molecule has 0 saturated carbocycles. The lowest BCUT2D eigenvalue weighted by Crippen LogP contribution is -2.23. The van der Waals surface area contributed by atoms with Crippen molar-refractivity contribution in [2.75, 3.05) is 25.6 Å². The van der Waals surface area contributed by atoms with E-state index in [9.17, 15) is 5.11 Å². The summed E-state index contributed by atoms with van der Waals surface area (Å²) in [6, 6.07) is 5.40. The summed E-state index contributed by atoms with van der Waals surface area (Å²) in [4.78, 5) is 0. The lowest BCUT2D eigenvalue weighted by atomic mass is 10.1. The molecule has 1 unspecified atom stereocenters. The molecule has 1 heterocycles. The highest BCUT2D eigenvalue weighted by atomic mass is 16.5. The van der Waals surface area contributed by atoms with Crippen molar-refractivity contribution in [3.05, 3.63) is 24.1 Å². The van der Waals surface area contributed by atoms with E-state index in [4.69, 9.17) is 14.3 Å². The summed E-state index contributed by atoms with van der Waals surface area (Å²) in [5.41, 5.74) is 1.43. The number of nitrogens with one attached hydrogen (secondary N) is 1. The van der Waals surface area contributed by atoms with Crippen LogP contribution < -0.4 is 10.1 Å². The van der Waals surface area contributed by atoms with E-state index in [0.717, 1.165) is 5.56 Å². The zero-order valence-corrected chi connectivity index (χ0v) is 12.0. The monoisotopic (exact) mass is 293 g/mol. The average Bonchev–Trinajstić information content (AvgIpc) is 3.01. The number of hydrogen-bond donors (Lipinski definition) is 3. The van der Waals surface area contributed by atoms with Gasteiger partial charge in [0, 0.05) is 18.5 Å². The molecule has 0 aliphatic heterocycles. The molecule has 1 aromatic carbocycles. The molecular formula is C14H19N3O4. The summed E-state index contributed by atoms with van der Waals surface area (Å²) in [5, 5.41) is 29.2. The predicted molar refractivity (Wildman–Crippen MR) is 77.2 cm³/mol. The highest BCUT2D eigenvalue weighted by molar-refractivity contribution is 5.67. The number of aromatic nitrogens is 2. The fraction of sp³-hybridized carbons (Fsp3) is 0.429. The van der Waals surface area contributed by atoms with Crippen molar-refractivity contribution in [2.45, 2.75) is 19.4 Å². The third kappa shape index (κ3) is 3.71. The fourth-order valence-corrected chi connectivity index (χ4v) is 1.78. The van der Waals surface area contributed by atoms with Gasteiger partial charge in [0.15, 0.2) is 0 Å². The Morgan fingerprint density at radius 2 is 2.19 bits per heavy atom. The fourth-order valence-electron chi connectivity index (χ4n) is 1.78. The van der Waals surface area contributed by atoms with Crippen LogP contribution in [0, 0.1) is 0 Å². The number of anilines is 1. The molecule has 3 N–H and O–H groups in total. The van der Waals surface area contributed by atoms with Gasteiger partial charge in [0.25, 0.3) is 0 Å². The number of aliphatic hydroxyl groups is 2. The second kappa shape index (κ2) is 7.05. The molecule has 0 bridgehead atoms. The first kappa shape index (κ1) is 15.3. The first-order valence-electron chi connectivity index (χ1n) is 6.71. The van der Waals surface area contributed by atoms with Crippen molar-refractivity contribution in [1.82, 2.24) is 10.2 Å². The summed E-state index contributed by atoms with van der Waals surface area (Å²) in [6.07, 6.45) is -0.162. The molecule has 2 rings (SSSR count). The molecule has 0 saturated heterocycles. The number of aliphatic hydroxyl groups excluding tert-OH is 2. The van der Waals surface area contributed by atoms with E-state index in [0.29, 0.717) is 29.6 Å². The van der Waals surface area contributed by atoms with Crippen molar-refractivity contribution in [3.8, 4) is 17.2 Å². The second-order valence-electron chi connectivity index (χ2n) is 4.49. The van der Waals surface area contributed by atoms with Gasteiger partial charge < -0.3 is 24.7 Å². The quantitative estimate of drug-likeness (QED) is 0.702. The molecule has 0 aliphatic rings. The average molecular weight is 293 g/mol. The van der Waals surface area contributed by atoms with Gasteiger partial charge >= 0.3 is 0 Å². The van der Waals surface area contributed by atoms with Crippen LogP contribution in [0.3, 0.4) is 0 Å². The van der Waals surface area contributed by atoms with Crippen LogP contribution in [0.4, 0.5) is 5.69 Å². The van der Waals surface area contributed by atoms with Crippen LogP contribution in [0.2, 0.25) is 0 Å². The predicted octanol–water partition coefficient (Wildman–Crippen LogP) is 1.07. The van der Waals surface area contributed by atoms with Gasteiger partial charge in [0.05, 0.1) is 25.5 Å². The molecule has 21 heavy (non-hydrogen) atoms. The van der Waals surface area contributed by atoms with Crippen molar-refractivity contribution in [2.24, 2.45) is 0 Å². The van der Waals surface area contributed by atoms with E-state index in [1.165, 1.54) is 0 Å². The molecule has 1 atom stereocenters. The minimum Gasteiger partial charge on any atom is -0.495 e. The number of methoxy groups -OCH3 is 1. The summed E-state index contributed by atoms with van der Waals surface area (Å²) in [6.45, 7) is 1.84. The van der Waals surface area contributed by atoms with E-state index in [1.54, 1.807) is 19.2 Å². The number of nitrogens with zero attached hydrogens (tertiary/aromatic N) is 2. The van der Waals surface area contributed by atoms with Crippen molar-refractivity contribution in [3.63, 3.8) is 0 Å². The zero-order valence-electron chi connectivity index (χ0n) is 12.0. The van der Waals surface area contributed by atoms with Gasteiger partial charge in [-0.05, 0) is 18.2 Å². The summed E-state index contributed by atoms with van der Waals surface area (Å²) in [5.74, 6) is 1.63. The number of ether oxygens (including phenoxy) is 1. The molecular weight excluding hydrogens is 274 g/mol. The maximum atomic E-state index is 9.41. The Bertz CT molecular complexity index is 585. The van der Waals surface area contributed by atoms with Gasteiger partial charge in [-0.15, -0.1) is 10.2 Å². The van der Waals surface area contributed by atoms with Crippen LogP contribution in [0.15, 0.2) is 22.6 Å². The van der Waals surface area contributed by atoms with Crippen LogP contribution in [0.25, 0.3) is 11.5 Å². The normalized spacial score (nSPS) is 12.2. The smallest absolute Gasteiger partial charge is 0.247 e. The lowest BCUT2D eigenvalue weighted by molar-refractivity contribution is 0.105. The minimum absolute atomic E-state index is 0.209. The SMILES string of the molecule is CCc1nnc(-c2ccc(OC)c(NCC(O)CO)c2)o1. The number of hydrogen-bond acceptors (Lipinski definition) is 7. The molecule has 7 heteroatoms. The van der Waals surface area contributed by atoms with Gasteiger partial charge in [-0.3, -0.25) is 0 Å². The Labute approximate surface area is 122 Å². The maximum absolute atomic E-state index is 9.41. The Kier molecular flexibility index (Phi) is 5.13. The third-order valence-electron chi connectivity index (χ3n) is 2.95. The first-order chi connectivity index (χ1) is 10.2. The largest absolute Gasteiger partial charge is 0.495 e. The lowest BCUT2D eigenvalue weighted by Gasteiger charge is -2.14. The second-order valence-corrected chi connectivity index (χ2v) is 4.49. The molecule has 0 spiro atoms. The Balaban J connectivity index is 2.23. The van der Waals surface area contributed by atoms with E-state index in [1.807, 2.05) is 13.0 Å². The van der Waals surface area contributed by atoms with Gasteiger partial charge in [0.1, 0.15) is 5.75 Å². The molecule has 0 amide bonds. The first-order valence-corrected chi connectivity index (χ1v) is 6.71. The Hall–Kier alpha value is -2.12. The highest BCUT2D eigenvalue weighted by Crippen LogP contribution is 2.30.